The molecule has 0 fully saturated rings. The molecule has 2 rings (SSSR count). The van der Waals surface area contributed by atoms with Crippen LogP contribution in [0.1, 0.15) is 13.3 Å². The van der Waals surface area contributed by atoms with Crippen LogP contribution in [0.4, 0.5) is 10.8 Å². The third-order valence-electron chi connectivity index (χ3n) is 3.13. The average Bonchev–Trinajstić information content (AvgIpc) is 3.05. The highest BCUT2D eigenvalue weighted by Gasteiger charge is 2.19. The molecular formula is C15H19N3O3S. The summed E-state index contributed by atoms with van der Waals surface area (Å²) < 4.78 is 10.5. The molecule has 1 aromatic heterocycles. The Morgan fingerprint density at radius 3 is 2.77 bits per heavy atom. The number of benzene rings is 1. The molecule has 0 aliphatic rings. The molecule has 1 aromatic carbocycles. The number of nitrogens with one attached hydrogen (secondary N) is 2. The van der Waals surface area contributed by atoms with Crippen molar-refractivity contribution in [2.75, 3.05) is 24.9 Å². The summed E-state index contributed by atoms with van der Waals surface area (Å²) >= 11 is 1.39. The van der Waals surface area contributed by atoms with E-state index in [-0.39, 0.29) is 11.9 Å². The molecule has 0 saturated heterocycles. The first kappa shape index (κ1) is 16.1. The standard InChI is InChI=1S/C15H19N3O3S/c1-4-11(14(19)18-15-16-7-8-22-15)17-12-6-5-10(20-2)9-13(12)21-3/h5-9,11,17H,4H2,1-3H3,(H,16,18,19). The Hall–Kier alpha value is -2.28. The van der Waals surface area contributed by atoms with E-state index in [9.17, 15) is 4.79 Å². The van der Waals surface area contributed by atoms with Gasteiger partial charge in [-0.2, -0.15) is 0 Å². The number of carbonyl (C=O) groups excluding carboxylic acids is 1. The summed E-state index contributed by atoms with van der Waals surface area (Å²) in [7, 11) is 3.18. The van der Waals surface area contributed by atoms with Gasteiger partial charge in [-0.3, -0.25) is 4.79 Å². The number of carbonyl (C=O) groups is 1. The summed E-state index contributed by atoms with van der Waals surface area (Å²) in [6.07, 6.45) is 2.29. The van der Waals surface area contributed by atoms with Crippen molar-refractivity contribution in [3.8, 4) is 11.5 Å². The van der Waals surface area contributed by atoms with E-state index in [4.69, 9.17) is 9.47 Å². The van der Waals surface area contributed by atoms with Crippen LogP contribution in [0.25, 0.3) is 0 Å². The Kier molecular flexibility index (Phi) is 5.60. The van der Waals surface area contributed by atoms with Gasteiger partial charge in [-0.05, 0) is 18.6 Å². The van der Waals surface area contributed by atoms with Crippen molar-refractivity contribution in [2.45, 2.75) is 19.4 Å². The first-order chi connectivity index (χ1) is 10.7. The van der Waals surface area contributed by atoms with Crippen LogP contribution in [0.3, 0.4) is 0 Å². The average molecular weight is 321 g/mol. The van der Waals surface area contributed by atoms with Gasteiger partial charge >= 0.3 is 0 Å². The number of thiazole rings is 1. The molecule has 0 aliphatic heterocycles. The maximum absolute atomic E-state index is 12.3. The summed E-state index contributed by atoms with van der Waals surface area (Å²) in [6.45, 7) is 1.94. The molecule has 0 aliphatic carbocycles. The molecule has 0 spiro atoms. The minimum absolute atomic E-state index is 0.129. The van der Waals surface area contributed by atoms with Crippen LogP contribution in [0.15, 0.2) is 29.8 Å². The van der Waals surface area contributed by atoms with Crippen molar-refractivity contribution < 1.29 is 14.3 Å². The summed E-state index contributed by atoms with van der Waals surface area (Å²) in [6, 6.07) is 5.03. The van der Waals surface area contributed by atoms with Gasteiger partial charge in [0.05, 0.1) is 19.9 Å². The second-order valence-electron chi connectivity index (χ2n) is 4.50. The van der Waals surface area contributed by atoms with E-state index in [1.54, 1.807) is 26.5 Å². The van der Waals surface area contributed by atoms with Crippen molar-refractivity contribution in [1.29, 1.82) is 0 Å². The fourth-order valence-electron chi connectivity index (χ4n) is 1.94. The Balaban J connectivity index is 2.10. The minimum Gasteiger partial charge on any atom is -0.497 e. The lowest BCUT2D eigenvalue weighted by Gasteiger charge is -2.19. The summed E-state index contributed by atoms with van der Waals surface area (Å²) in [5.41, 5.74) is 0.740. The second kappa shape index (κ2) is 7.65. The number of hydrogen-bond donors (Lipinski definition) is 2. The number of rotatable bonds is 7. The topological polar surface area (TPSA) is 72.5 Å². The molecule has 2 N–H and O–H groups in total. The molecule has 0 bridgehead atoms. The number of ether oxygens (including phenoxy) is 2. The Morgan fingerprint density at radius 1 is 1.36 bits per heavy atom. The van der Waals surface area contributed by atoms with Gasteiger partial charge in [-0.15, -0.1) is 11.3 Å². The van der Waals surface area contributed by atoms with E-state index in [2.05, 4.69) is 15.6 Å². The first-order valence-electron chi connectivity index (χ1n) is 6.86. The van der Waals surface area contributed by atoms with Gasteiger partial charge in [0.25, 0.3) is 0 Å². The molecule has 22 heavy (non-hydrogen) atoms. The van der Waals surface area contributed by atoms with Gasteiger partial charge < -0.3 is 20.1 Å². The lowest BCUT2D eigenvalue weighted by atomic mass is 10.2. The van der Waals surface area contributed by atoms with Gasteiger partial charge in [0.2, 0.25) is 5.91 Å². The maximum Gasteiger partial charge on any atom is 0.248 e. The Labute approximate surface area is 133 Å². The third kappa shape index (κ3) is 3.88. The molecule has 118 valence electrons. The van der Waals surface area contributed by atoms with E-state index in [0.717, 1.165) is 5.69 Å². The summed E-state index contributed by atoms with van der Waals surface area (Å²) in [4.78, 5) is 16.4. The van der Waals surface area contributed by atoms with E-state index >= 15 is 0 Å². The molecular weight excluding hydrogens is 302 g/mol. The van der Waals surface area contributed by atoms with Crippen molar-refractivity contribution in [1.82, 2.24) is 4.98 Å². The minimum atomic E-state index is -0.383. The molecule has 6 nitrogen and oxygen atoms in total. The molecule has 0 radical (unpaired) electrons. The molecule has 2 aromatic rings. The number of methoxy groups -OCH3 is 2. The fraction of sp³-hybridized carbons (Fsp3) is 0.333. The molecule has 1 unspecified atom stereocenters. The lowest BCUT2D eigenvalue weighted by molar-refractivity contribution is -0.116. The highest BCUT2D eigenvalue weighted by atomic mass is 32.1. The van der Waals surface area contributed by atoms with Crippen LogP contribution in [0.5, 0.6) is 11.5 Å². The zero-order chi connectivity index (χ0) is 15.9. The van der Waals surface area contributed by atoms with E-state index in [1.807, 2.05) is 24.4 Å². The highest BCUT2D eigenvalue weighted by Crippen LogP contribution is 2.30. The zero-order valence-corrected chi connectivity index (χ0v) is 13.6. The van der Waals surface area contributed by atoms with Gasteiger partial charge in [0.15, 0.2) is 5.13 Å². The second-order valence-corrected chi connectivity index (χ2v) is 5.39. The van der Waals surface area contributed by atoms with Crippen LogP contribution in [-0.4, -0.2) is 31.2 Å². The van der Waals surface area contributed by atoms with Gasteiger partial charge in [0.1, 0.15) is 17.5 Å². The van der Waals surface area contributed by atoms with E-state index in [0.29, 0.717) is 23.1 Å². The Morgan fingerprint density at radius 2 is 2.18 bits per heavy atom. The molecule has 7 heteroatoms. The van der Waals surface area contributed by atoms with Crippen molar-refractivity contribution >= 4 is 28.1 Å². The van der Waals surface area contributed by atoms with E-state index in [1.165, 1.54) is 11.3 Å². The van der Waals surface area contributed by atoms with Crippen LogP contribution in [0, 0.1) is 0 Å². The number of hydrogen-bond acceptors (Lipinski definition) is 6. The molecule has 1 heterocycles. The maximum atomic E-state index is 12.3. The highest BCUT2D eigenvalue weighted by molar-refractivity contribution is 7.13. The van der Waals surface area contributed by atoms with Gasteiger partial charge in [-0.1, -0.05) is 6.92 Å². The largest absolute Gasteiger partial charge is 0.497 e. The van der Waals surface area contributed by atoms with Crippen LogP contribution in [0.2, 0.25) is 0 Å². The van der Waals surface area contributed by atoms with Crippen molar-refractivity contribution in [2.24, 2.45) is 0 Å². The quantitative estimate of drug-likeness (QED) is 0.820. The number of amides is 1. The number of aromatic nitrogens is 1. The summed E-state index contributed by atoms with van der Waals surface area (Å²) in [5.74, 6) is 1.19. The number of anilines is 2. The first-order valence-corrected chi connectivity index (χ1v) is 7.74. The normalized spacial score (nSPS) is 11.6. The summed E-state index contributed by atoms with van der Waals surface area (Å²) in [5, 5.41) is 8.40. The van der Waals surface area contributed by atoms with Crippen LogP contribution >= 0.6 is 11.3 Å². The van der Waals surface area contributed by atoms with Crippen molar-refractivity contribution in [3.05, 3.63) is 29.8 Å². The zero-order valence-electron chi connectivity index (χ0n) is 12.8. The lowest BCUT2D eigenvalue weighted by Crippen LogP contribution is -2.34. The third-order valence-corrected chi connectivity index (χ3v) is 3.81. The van der Waals surface area contributed by atoms with Crippen LogP contribution < -0.4 is 20.1 Å². The van der Waals surface area contributed by atoms with Crippen molar-refractivity contribution in [3.63, 3.8) is 0 Å². The number of nitrogens with zero attached hydrogens (tertiary/aromatic N) is 1. The predicted molar refractivity (Wildman–Crippen MR) is 88.0 cm³/mol. The predicted octanol–water partition coefficient (Wildman–Crippen LogP) is 2.99. The fourth-order valence-corrected chi connectivity index (χ4v) is 2.47. The van der Waals surface area contributed by atoms with Crippen LogP contribution in [-0.2, 0) is 4.79 Å². The van der Waals surface area contributed by atoms with Gasteiger partial charge in [-0.25, -0.2) is 4.98 Å². The molecule has 1 amide bonds. The monoisotopic (exact) mass is 321 g/mol. The Bertz CT molecular complexity index is 617. The SMILES string of the molecule is CCC(Nc1ccc(OC)cc1OC)C(=O)Nc1nccs1. The van der Waals surface area contributed by atoms with E-state index < -0.39 is 0 Å². The smallest absolute Gasteiger partial charge is 0.248 e. The molecule has 1 atom stereocenters. The molecule has 0 saturated carbocycles. The van der Waals surface area contributed by atoms with Gasteiger partial charge in [0, 0.05) is 17.6 Å².